The molecule has 3 nitrogen and oxygen atoms in total. The first-order valence-electron chi connectivity index (χ1n) is 27.4. The number of benzene rings is 12. The van der Waals surface area contributed by atoms with E-state index >= 15 is 13.2 Å². The number of hydrogen-bond acceptors (Lipinski definition) is 3. The number of furan rings is 2. The minimum atomic E-state index is -1.00. The molecule has 0 amide bonds. The lowest BCUT2D eigenvalue weighted by molar-refractivity contribution is 0.625. The number of aryl methyl sites for hydroxylation is 1. The van der Waals surface area contributed by atoms with E-state index in [-0.39, 0.29) is 5.82 Å². The Morgan fingerprint density at radius 2 is 0.765 bits per heavy atom. The number of rotatable bonds is 8. The third-order valence-electron chi connectivity index (χ3n) is 17.0. The molecule has 14 aromatic rings. The molecule has 0 aliphatic heterocycles. The Bertz CT molecular complexity index is 4840. The average Bonchev–Trinajstić information content (AvgIpc) is 1.85. The van der Waals surface area contributed by atoms with E-state index in [9.17, 15) is 0 Å². The quantitative estimate of drug-likeness (QED) is 0.152. The molecule has 0 saturated carbocycles. The summed E-state index contributed by atoms with van der Waals surface area (Å²) in [5.74, 6) is -1.17. The molecule has 0 fully saturated rings. The van der Waals surface area contributed by atoms with Crippen LogP contribution in [0, 0.1) is 17.5 Å². The van der Waals surface area contributed by atoms with Crippen molar-refractivity contribution < 1.29 is 22.0 Å². The zero-order valence-electron chi connectivity index (χ0n) is 43.8. The van der Waals surface area contributed by atoms with Crippen LogP contribution in [0.2, 0.25) is 0 Å². The van der Waals surface area contributed by atoms with Gasteiger partial charge in [0, 0.05) is 49.7 Å². The highest BCUT2D eigenvalue weighted by Gasteiger charge is 2.53. The minimum absolute atomic E-state index is 0.352. The molecule has 2 heterocycles. The molecule has 384 valence electrons. The smallest absolute Gasteiger partial charge is 0.143 e. The molecule has 16 rings (SSSR count). The van der Waals surface area contributed by atoms with Crippen molar-refractivity contribution >= 4 is 60.9 Å². The Labute approximate surface area is 465 Å². The van der Waals surface area contributed by atoms with Crippen LogP contribution in [0.1, 0.15) is 34.7 Å². The predicted octanol–water partition coefficient (Wildman–Crippen LogP) is 20.9. The molecule has 6 heteroatoms. The molecule has 0 atom stereocenters. The molecule has 0 radical (unpaired) electrons. The van der Waals surface area contributed by atoms with Gasteiger partial charge in [0.05, 0.1) is 5.41 Å². The second-order valence-electron chi connectivity index (χ2n) is 21.4. The summed E-state index contributed by atoms with van der Waals surface area (Å²) in [6.45, 7) is 2.13. The van der Waals surface area contributed by atoms with Crippen molar-refractivity contribution in [1.82, 2.24) is 0 Å². The van der Waals surface area contributed by atoms with Gasteiger partial charge in [0.15, 0.2) is 0 Å². The Balaban J connectivity index is 0.843. The summed E-state index contributed by atoms with van der Waals surface area (Å²) in [5, 5.41) is 4.36. The van der Waals surface area contributed by atoms with Crippen LogP contribution in [0.15, 0.2) is 258 Å². The first-order chi connectivity index (χ1) is 39.8. The Morgan fingerprint density at radius 1 is 0.333 bits per heavy atom. The second-order valence-corrected chi connectivity index (χ2v) is 21.4. The summed E-state index contributed by atoms with van der Waals surface area (Å²) >= 11 is 0. The van der Waals surface area contributed by atoms with E-state index in [1.54, 1.807) is 6.07 Å². The van der Waals surface area contributed by atoms with E-state index < -0.39 is 17.0 Å². The first-order valence-corrected chi connectivity index (χ1v) is 27.4. The number of fused-ring (bicyclic) bond motifs is 16. The zero-order chi connectivity index (χ0) is 54.1. The summed E-state index contributed by atoms with van der Waals surface area (Å²) in [6.07, 6.45) is 0.730. The molecular weight excluding hydrogens is 1000 g/mol. The van der Waals surface area contributed by atoms with Gasteiger partial charge in [-0.15, -0.1) is 0 Å². The Hall–Kier alpha value is -10.2. The van der Waals surface area contributed by atoms with Gasteiger partial charge in [-0.2, -0.15) is 0 Å². The lowest BCUT2D eigenvalue weighted by Gasteiger charge is -2.33. The molecule has 2 aromatic heterocycles. The van der Waals surface area contributed by atoms with Crippen LogP contribution in [0.4, 0.5) is 30.2 Å². The monoisotopic (exact) mass is 1050 g/mol. The predicted molar refractivity (Wildman–Crippen MR) is 323 cm³/mol. The van der Waals surface area contributed by atoms with Gasteiger partial charge in [0.1, 0.15) is 39.8 Å². The summed E-state index contributed by atoms with van der Waals surface area (Å²) < 4.78 is 59.5. The van der Waals surface area contributed by atoms with Crippen molar-refractivity contribution in [2.24, 2.45) is 0 Å². The van der Waals surface area contributed by atoms with Gasteiger partial charge in [-0.25, -0.2) is 13.2 Å². The lowest BCUT2D eigenvalue weighted by atomic mass is 9.68. The normalized spacial score (nSPS) is 12.8. The van der Waals surface area contributed by atoms with Crippen molar-refractivity contribution in [1.29, 1.82) is 0 Å². The topological polar surface area (TPSA) is 29.5 Å². The highest BCUT2D eigenvalue weighted by molar-refractivity contribution is 6.11. The summed E-state index contributed by atoms with van der Waals surface area (Å²) in [5.41, 5.74) is 21.0. The maximum atomic E-state index is 15.7. The molecule has 12 aromatic carbocycles. The highest BCUT2D eigenvalue weighted by Crippen LogP contribution is 2.65. The van der Waals surface area contributed by atoms with E-state index in [1.807, 2.05) is 54.6 Å². The molecule has 0 N–H and O–H groups in total. The fraction of sp³-hybridized carbons (Fsp3) is 0.0400. The molecule has 0 unspecified atom stereocenters. The highest BCUT2D eigenvalue weighted by atomic mass is 19.1. The van der Waals surface area contributed by atoms with Crippen molar-refractivity contribution in [2.45, 2.75) is 18.8 Å². The number of halogens is 3. The van der Waals surface area contributed by atoms with E-state index in [0.717, 1.165) is 151 Å². The molecule has 0 bridgehead atoms. The molecule has 2 aliphatic rings. The van der Waals surface area contributed by atoms with Gasteiger partial charge >= 0.3 is 0 Å². The van der Waals surface area contributed by atoms with Crippen LogP contribution < -0.4 is 4.90 Å². The zero-order valence-corrected chi connectivity index (χ0v) is 43.8. The number of anilines is 3. The van der Waals surface area contributed by atoms with Crippen molar-refractivity contribution in [3.63, 3.8) is 0 Å². The fourth-order valence-electron chi connectivity index (χ4n) is 13.4. The fourth-order valence-corrected chi connectivity index (χ4v) is 13.4. The van der Waals surface area contributed by atoms with Crippen molar-refractivity contribution in [2.75, 3.05) is 4.90 Å². The van der Waals surface area contributed by atoms with Crippen LogP contribution in [0.5, 0.6) is 0 Å². The van der Waals surface area contributed by atoms with Gasteiger partial charge in [0.25, 0.3) is 0 Å². The standard InChI is InChI=1S/C75H46F3NO2/c1-2-44-38-62(72-66(39-44)65-43-52(78)30-37-69(65)75(72)67-35-28-50(76)41-63(67)64-42-51(77)29-36-68(64)75)49-10-7-11-55(40-49)79(54-33-26-48(27-34-54)57-15-9-17-61-59-13-4-6-19-71(59)81-74(57)61)53-31-24-46(25-32-53)45-20-22-47(23-21-45)56-14-8-16-60-58-12-3-5-18-70(58)80-73(56)60/h3-43H,2H2,1H3. The van der Waals surface area contributed by atoms with Gasteiger partial charge in [-0.1, -0.05) is 171 Å². The van der Waals surface area contributed by atoms with Crippen molar-refractivity contribution in [3.8, 4) is 66.8 Å². The maximum absolute atomic E-state index is 15.7. The minimum Gasteiger partial charge on any atom is -0.455 e. The maximum Gasteiger partial charge on any atom is 0.143 e. The third-order valence-corrected chi connectivity index (χ3v) is 17.0. The Kier molecular flexibility index (Phi) is 10.4. The average molecular weight is 1050 g/mol. The molecule has 2 aliphatic carbocycles. The molecular formula is C75H46F3NO2. The van der Waals surface area contributed by atoms with E-state index in [2.05, 4.69) is 170 Å². The summed E-state index contributed by atoms with van der Waals surface area (Å²) in [7, 11) is 0. The molecule has 81 heavy (non-hydrogen) atoms. The van der Waals surface area contributed by atoms with Crippen molar-refractivity contribution in [3.05, 3.63) is 294 Å². The molecule has 1 spiro atoms. The first kappa shape index (κ1) is 46.9. The van der Waals surface area contributed by atoms with E-state index in [0.29, 0.717) is 11.1 Å². The third kappa shape index (κ3) is 7.09. The number of hydrogen-bond donors (Lipinski definition) is 0. The van der Waals surface area contributed by atoms with E-state index in [1.165, 1.54) is 30.3 Å². The van der Waals surface area contributed by atoms with Gasteiger partial charge in [-0.05, 0) is 175 Å². The number of nitrogens with zero attached hydrogens (tertiary/aromatic N) is 1. The van der Waals surface area contributed by atoms with Crippen LogP contribution in [0.3, 0.4) is 0 Å². The van der Waals surface area contributed by atoms with Gasteiger partial charge in [0.2, 0.25) is 0 Å². The lowest BCUT2D eigenvalue weighted by Crippen LogP contribution is -2.27. The van der Waals surface area contributed by atoms with E-state index in [4.69, 9.17) is 8.83 Å². The number of para-hydroxylation sites is 4. The Morgan fingerprint density at radius 3 is 1.28 bits per heavy atom. The second kappa shape index (κ2) is 17.9. The summed E-state index contributed by atoms with van der Waals surface area (Å²) in [4.78, 5) is 2.28. The van der Waals surface area contributed by atoms with Crippen LogP contribution in [0.25, 0.3) is 111 Å². The largest absolute Gasteiger partial charge is 0.455 e. The van der Waals surface area contributed by atoms with Gasteiger partial charge in [-0.3, -0.25) is 0 Å². The molecule has 0 saturated heterocycles. The SMILES string of the molecule is CCc1cc(-c2cccc(N(c3ccc(-c4ccc(-c5cccc6c5oc5ccccc56)cc4)cc3)c3ccc(-c4cccc5c4oc4ccccc45)cc3)c2)c2c(c1)-c1cc(F)ccc1C21c2ccc(F)cc2-c2cc(F)ccc21. The van der Waals surface area contributed by atoms with Crippen LogP contribution >= 0.6 is 0 Å². The van der Waals surface area contributed by atoms with Gasteiger partial charge < -0.3 is 13.7 Å². The summed E-state index contributed by atoms with van der Waals surface area (Å²) in [6, 6.07) is 82.7. The van der Waals surface area contributed by atoms with Crippen LogP contribution in [-0.4, -0.2) is 0 Å². The van der Waals surface area contributed by atoms with Crippen LogP contribution in [-0.2, 0) is 11.8 Å².